The standard InChI is InChI=1S/C3H11N5/c4-1-2(5)3(6,7)8/h1H,4-8H2. The van der Waals surface area contributed by atoms with Crippen molar-refractivity contribution in [2.45, 2.75) is 5.79 Å². The van der Waals surface area contributed by atoms with Crippen LogP contribution >= 0.6 is 0 Å². The molecular formula is C3H11N5. The van der Waals surface area contributed by atoms with Crippen LogP contribution in [0.3, 0.4) is 0 Å². The monoisotopic (exact) mass is 117 g/mol. The maximum Gasteiger partial charge on any atom is 0.159 e. The predicted molar refractivity (Wildman–Crippen MR) is 31.8 cm³/mol. The number of rotatable bonds is 1. The highest BCUT2D eigenvalue weighted by atomic mass is 15.1. The third kappa shape index (κ3) is 1.78. The van der Waals surface area contributed by atoms with Crippen LogP contribution in [0.15, 0.2) is 11.9 Å². The van der Waals surface area contributed by atoms with Crippen molar-refractivity contribution in [3.8, 4) is 0 Å². The Hall–Kier alpha value is -0.780. The van der Waals surface area contributed by atoms with Gasteiger partial charge in [-0.05, 0) is 0 Å². The molecule has 0 radical (unpaired) electrons. The van der Waals surface area contributed by atoms with E-state index in [1.165, 1.54) is 0 Å². The van der Waals surface area contributed by atoms with Crippen molar-refractivity contribution in [3.05, 3.63) is 11.9 Å². The Morgan fingerprint density at radius 3 is 1.62 bits per heavy atom. The van der Waals surface area contributed by atoms with Gasteiger partial charge in [-0.15, -0.1) is 0 Å². The molecule has 0 fully saturated rings. The Morgan fingerprint density at radius 2 is 1.62 bits per heavy atom. The molecule has 8 heavy (non-hydrogen) atoms. The Labute approximate surface area is 47.5 Å². The average molecular weight is 117 g/mol. The molecule has 0 rings (SSSR count). The molecule has 0 aliphatic carbocycles. The molecule has 0 saturated heterocycles. The highest BCUT2D eigenvalue weighted by Crippen LogP contribution is 1.86. The first-order chi connectivity index (χ1) is 3.48. The minimum Gasteiger partial charge on any atom is -0.403 e. The second-order valence-corrected chi connectivity index (χ2v) is 1.56. The molecule has 5 heteroatoms. The molecule has 5 nitrogen and oxygen atoms in total. The van der Waals surface area contributed by atoms with Gasteiger partial charge in [0.15, 0.2) is 5.79 Å². The van der Waals surface area contributed by atoms with Crippen molar-refractivity contribution >= 4 is 0 Å². The molecule has 0 aliphatic rings. The maximum atomic E-state index is 5.11. The molecule has 48 valence electrons. The van der Waals surface area contributed by atoms with Crippen LogP contribution in [0.1, 0.15) is 0 Å². The van der Waals surface area contributed by atoms with E-state index in [1.807, 2.05) is 0 Å². The van der Waals surface area contributed by atoms with E-state index >= 15 is 0 Å². The maximum absolute atomic E-state index is 5.11. The molecule has 10 N–H and O–H groups in total. The summed E-state index contributed by atoms with van der Waals surface area (Å²) in [4.78, 5) is 0. The SMILES string of the molecule is NC=C(N)C(N)(N)N. The molecule has 0 spiro atoms. The first-order valence-corrected chi connectivity index (χ1v) is 2.03. The van der Waals surface area contributed by atoms with Crippen molar-refractivity contribution in [1.29, 1.82) is 0 Å². The number of nitrogens with two attached hydrogens (primary N) is 5. The van der Waals surface area contributed by atoms with Gasteiger partial charge in [0.2, 0.25) is 0 Å². The van der Waals surface area contributed by atoms with E-state index in [4.69, 9.17) is 28.7 Å². The van der Waals surface area contributed by atoms with Gasteiger partial charge < -0.3 is 11.5 Å². The van der Waals surface area contributed by atoms with Gasteiger partial charge in [0.25, 0.3) is 0 Å². The molecule has 0 amide bonds. The summed E-state index contributed by atoms with van der Waals surface area (Å²) in [7, 11) is 0. The van der Waals surface area contributed by atoms with Crippen LogP contribution in [0.5, 0.6) is 0 Å². The lowest BCUT2D eigenvalue weighted by atomic mass is 10.3. The van der Waals surface area contributed by atoms with E-state index in [-0.39, 0.29) is 5.70 Å². The summed E-state index contributed by atoms with van der Waals surface area (Å²) in [6, 6.07) is 0. The van der Waals surface area contributed by atoms with Crippen LogP contribution in [0.4, 0.5) is 0 Å². The Balaban J connectivity index is 4.03. The first-order valence-electron chi connectivity index (χ1n) is 2.03. The largest absolute Gasteiger partial charge is 0.403 e. The van der Waals surface area contributed by atoms with Crippen LogP contribution < -0.4 is 28.7 Å². The van der Waals surface area contributed by atoms with Crippen LogP contribution in [-0.2, 0) is 0 Å². The van der Waals surface area contributed by atoms with Gasteiger partial charge in [-0.25, -0.2) is 0 Å². The lowest BCUT2D eigenvalue weighted by molar-refractivity contribution is 0.537. The molecule has 0 aromatic carbocycles. The Morgan fingerprint density at radius 1 is 1.25 bits per heavy atom. The van der Waals surface area contributed by atoms with Gasteiger partial charge in [-0.3, -0.25) is 17.2 Å². The minimum atomic E-state index is -1.48. The van der Waals surface area contributed by atoms with Gasteiger partial charge in [0.1, 0.15) is 0 Å². The fourth-order valence-corrected chi connectivity index (χ4v) is 0.144. The van der Waals surface area contributed by atoms with Gasteiger partial charge in [0, 0.05) is 6.20 Å². The van der Waals surface area contributed by atoms with Crippen LogP contribution in [0.2, 0.25) is 0 Å². The van der Waals surface area contributed by atoms with Crippen molar-refractivity contribution in [3.63, 3.8) is 0 Å². The number of hydrogen-bond donors (Lipinski definition) is 5. The highest BCUT2D eigenvalue weighted by molar-refractivity contribution is 5.07. The van der Waals surface area contributed by atoms with Crippen molar-refractivity contribution < 1.29 is 0 Å². The summed E-state index contributed by atoms with van der Waals surface area (Å²) in [5, 5.41) is 0. The van der Waals surface area contributed by atoms with Crippen molar-refractivity contribution in [1.82, 2.24) is 0 Å². The van der Waals surface area contributed by atoms with Crippen LogP contribution in [0, 0.1) is 0 Å². The zero-order valence-corrected chi connectivity index (χ0v) is 4.46. The molecule has 0 saturated carbocycles. The van der Waals surface area contributed by atoms with Gasteiger partial charge >= 0.3 is 0 Å². The summed E-state index contributed by atoms with van der Waals surface area (Å²) >= 11 is 0. The lowest BCUT2D eigenvalue weighted by Crippen LogP contribution is -2.61. The van der Waals surface area contributed by atoms with E-state index in [1.54, 1.807) is 0 Å². The topological polar surface area (TPSA) is 130 Å². The zero-order valence-electron chi connectivity index (χ0n) is 4.46. The van der Waals surface area contributed by atoms with E-state index < -0.39 is 5.79 Å². The fraction of sp³-hybridized carbons (Fsp3) is 0.333. The molecule has 0 atom stereocenters. The minimum absolute atomic E-state index is 0.0671. The molecule has 0 aromatic rings. The highest BCUT2D eigenvalue weighted by Gasteiger charge is 2.13. The van der Waals surface area contributed by atoms with E-state index in [0.29, 0.717) is 0 Å². The summed E-state index contributed by atoms with van der Waals surface area (Å²) in [6.07, 6.45) is 1.07. The van der Waals surface area contributed by atoms with E-state index in [9.17, 15) is 0 Å². The van der Waals surface area contributed by atoms with Crippen LogP contribution in [0.25, 0.3) is 0 Å². The smallest absolute Gasteiger partial charge is 0.159 e. The Bertz CT molecular complexity index is 98.7. The van der Waals surface area contributed by atoms with Gasteiger partial charge in [-0.2, -0.15) is 0 Å². The molecule has 0 aliphatic heterocycles. The van der Waals surface area contributed by atoms with Gasteiger partial charge in [-0.1, -0.05) is 0 Å². The van der Waals surface area contributed by atoms with Crippen molar-refractivity contribution in [2.75, 3.05) is 0 Å². The molecule has 0 unspecified atom stereocenters. The zero-order chi connectivity index (χ0) is 6.78. The van der Waals surface area contributed by atoms with Crippen LogP contribution in [-0.4, -0.2) is 5.79 Å². The normalized spacial score (nSPS) is 14.1. The summed E-state index contributed by atoms with van der Waals surface area (Å²) < 4.78 is 0. The molecular weight excluding hydrogens is 106 g/mol. The Kier molecular flexibility index (Phi) is 1.80. The molecule has 0 bridgehead atoms. The quantitative estimate of drug-likeness (QED) is 0.238. The lowest BCUT2D eigenvalue weighted by Gasteiger charge is -2.17. The summed E-state index contributed by atoms with van der Waals surface area (Å²) in [5.41, 5.74) is 25.3. The second-order valence-electron chi connectivity index (χ2n) is 1.56. The van der Waals surface area contributed by atoms with Gasteiger partial charge in [0.05, 0.1) is 5.70 Å². The van der Waals surface area contributed by atoms with Crippen molar-refractivity contribution in [2.24, 2.45) is 28.7 Å². The average Bonchev–Trinajstić information content (AvgIpc) is 1.62. The molecule has 0 heterocycles. The third-order valence-corrected chi connectivity index (χ3v) is 0.680. The van der Waals surface area contributed by atoms with E-state index in [2.05, 4.69) is 0 Å². The third-order valence-electron chi connectivity index (χ3n) is 0.680. The number of hydrogen-bond acceptors (Lipinski definition) is 5. The summed E-state index contributed by atoms with van der Waals surface area (Å²) in [5.74, 6) is -1.48. The summed E-state index contributed by atoms with van der Waals surface area (Å²) in [6.45, 7) is 0. The predicted octanol–water partition coefficient (Wildman–Crippen LogP) is -2.72. The molecule has 0 aromatic heterocycles. The second kappa shape index (κ2) is 1.99. The van der Waals surface area contributed by atoms with E-state index in [0.717, 1.165) is 6.20 Å². The first kappa shape index (κ1) is 7.22. The fourth-order valence-electron chi connectivity index (χ4n) is 0.144.